The highest BCUT2D eigenvalue weighted by molar-refractivity contribution is 9.10. The lowest BCUT2D eigenvalue weighted by atomic mass is 10.1. The smallest absolute Gasteiger partial charge is 0.336 e. The molecule has 1 fully saturated rings. The lowest BCUT2D eigenvalue weighted by molar-refractivity contribution is -0.384. The van der Waals surface area contributed by atoms with E-state index in [4.69, 9.17) is 9.47 Å². The number of para-hydroxylation sites is 1. The number of carbonyl (C=O) groups excluding carboxylic acids is 3. The number of amides is 4. The fourth-order valence-corrected chi connectivity index (χ4v) is 4.08. The highest BCUT2D eigenvalue weighted by atomic mass is 79.9. The van der Waals surface area contributed by atoms with Crippen molar-refractivity contribution in [1.29, 1.82) is 0 Å². The van der Waals surface area contributed by atoms with Crippen molar-refractivity contribution in [3.63, 3.8) is 0 Å². The van der Waals surface area contributed by atoms with Gasteiger partial charge in [-0.25, -0.2) is 14.1 Å². The van der Waals surface area contributed by atoms with Crippen LogP contribution in [0.3, 0.4) is 0 Å². The molecular formula is C25H17BrFN3O7. The molecule has 1 aliphatic rings. The first kappa shape index (κ1) is 25.5. The Balaban J connectivity index is 1.62. The fraction of sp³-hybridized carbons (Fsp3) is 0.0800. The van der Waals surface area contributed by atoms with Gasteiger partial charge in [0, 0.05) is 12.1 Å². The SMILES string of the molecule is COc1cc(/C=C2/C(=O)NC(=O)N(c3ccccc3F)C2=O)cc(Br)c1OCc1ccc([N+](=O)[O-])cc1. The van der Waals surface area contributed by atoms with Crippen LogP contribution in [0.25, 0.3) is 6.08 Å². The Morgan fingerprint density at radius 1 is 1.11 bits per heavy atom. The van der Waals surface area contributed by atoms with Gasteiger partial charge < -0.3 is 9.47 Å². The molecule has 10 nitrogen and oxygen atoms in total. The van der Waals surface area contributed by atoms with Crippen LogP contribution in [-0.4, -0.2) is 29.9 Å². The van der Waals surface area contributed by atoms with E-state index in [1.165, 1.54) is 49.6 Å². The Kier molecular flexibility index (Phi) is 7.30. The standard InChI is InChI=1S/C25H17BrFN3O7/c1-36-21-12-15(11-18(26)22(21)37-13-14-6-8-16(9-7-14)30(34)35)10-17-23(31)28-25(33)29(24(17)32)20-5-3-2-4-19(20)27/h2-12H,13H2,1H3,(H,28,31,33)/b17-10-. The third-order valence-electron chi connectivity index (χ3n) is 5.29. The number of carbonyl (C=O) groups is 3. The molecule has 4 rings (SSSR count). The first-order valence-electron chi connectivity index (χ1n) is 10.6. The van der Waals surface area contributed by atoms with Gasteiger partial charge in [-0.2, -0.15) is 0 Å². The third kappa shape index (κ3) is 5.33. The normalized spacial score (nSPS) is 14.5. The van der Waals surface area contributed by atoms with Crippen molar-refractivity contribution >= 4 is 51.2 Å². The minimum Gasteiger partial charge on any atom is -0.493 e. The molecule has 1 saturated heterocycles. The number of nitro groups is 1. The summed E-state index contributed by atoms with van der Waals surface area (Å²) < 4.78 is 25.9. The van der Waals surface area contributed by atoms with Gasteiger partial charge in [-0.1, -0.05) is 12.1 Å². The van der Waals surface area contributed by atoms with E-state index < -0.39 is 34.2 Å². The summed E-state index contributed by atoms with van der Waals surface area (Å²) in [5.74, 6) is -2.17. The number of nitrogens with one attached hydrogen (secondary N) is 1. The summed E-state index contributed by atoms with van der Waals surface area (Å²) in [5, 5.41) is 12.9. The lowest BCUT2D eigenvalue weighted by Crippen LogP contribution is -2.54. The zero-order valence-corrected chi connectivity index (χ0v) is 20.7. The molecule has 0 radical (unpaired) electrons. The number of benzene rings is 3. The Labute approximate surface area is 217 Å². The average molecular weight is 570 g/mol. The van der Waals surface area contributed by atoms with Crippen molar-refractivity contribution < 1.29 is 33.2 Å². The van der Waals surface area contributed by atoms with Crippen LogP contribution in [0.4, 0.5) is 20.6 Å². The maximum atomic E-state index is 14.3. The largest absolute Gasteiger partial charge is 0.493 e. The van der Waals surface area contributed by atoms with Gasteiger partial charge in [0.25, 0.3) is 17.5 Å². The van der Waals surface area contributed by atoms with Crippen molar-refractivity contribution in [2.45, 2.75) is 6.61 Å². The molecule has 0 spiro atoms. The summed E-state index contributed by atoms with van der Waals surface area (Å²) in [6.45, 7) is 0.0774. The van der Waals surface area contributed by atoms with Gasteiger partial charge in [-0.15, -0.1) is 0 Å². The molecule has 1 aliphatic heterocycles. The zero-order valence-electron chi connectivity index (χ0n) is 19.1. The highest BCUT2D eigenvalue weighted by Gasteiger charge is 2.38. The number of nitro benzene ring substituents is 1. The van der Waals surface area contributed by atoms with Gasteiger partial charge in [0.1, 0.15) is 18.0 Å². The Hall–Kier alpha value is -4.58. The molecule has 0 bridgehead atoms. The summed E-state index contributed by atoms with van der Waals surface area (Å²) >= 11 is 3.38. The number of methoxy groups -OCH3 is 1. The Morgan fingerprint density at radius 3 is 2.46 bits per heavy atom. The number of imide groups is 2. The summed E-state index contributed by atoms with van der Waals surface area (Å²) in [5.41, 5.74) is 0.297. The number of hydrogen-bond acceptors (Lipinski definition) is 7. The van der Waals surface area contributed by atoms with Gasteiger partial charge in [0.2, 0.25) is 0 Å². The Bertz CT molecular complexity index is 1460. The van der Waals surface area contributed by atoms with E-state index in [9.17, 15) is 28.9 Å². The van der Waals surface area contributed by atoms with Crippen LogP contribution in [0.2, 0.25) is 0 Å². The summed E-state index contributed by atoms with van der Waals surface area (Å²) in [4.78, 5) is 48.7. The van der Waals surface area contributed by atoms with Crippen molar-refractivity contribution in [3.05, 3.63) is 97.8 Å². The average Bonchev–Trinajstić information content (AvgIpc) is 2.87. The van der Waals surface area contributed by atoms with Gasteiger partial charge in [0.15, 0.2) is 11.5 Å². The predicted octanol–water partition coefficient (Wildman–Crippen LogP) is 4.75. The number of rotatable bonds is 7. The number of hydrogen-bond donors (Lipinski definition) is 1. The molecule has 0 aliphatic carbocycles. The van der Waals surface area contributed by atoms with Gasteiger partial charge >= 0.3 is 6.03 Å². The van der Waals surface area contributed by atoms with Crippen LogP contribution < -0.4 is 19.7 Å². The van der Waals surface area contributed by atoms with Crippen molar-refractivity contribution in [2.75, 3.05) is 12.0 Å². The van der Waals surface area contributed by atoms with Crippen LogP contribution in [0.5, 0.6) is 11.5 Å². The number of barbiturate groups is 1. The van der Waals surface area contributed by atoms with Crippen LogP contribution in [0, 0.1) is 15.9 Å². The fourth-order valence-electron chi connectivity index (χ4n) is 3.51. The van der Waals surface area contributed by atoms with E-state index >= 15 is 0 Å². The van der Waals surface area contributed by atoms with E-state index in [2.05, 4.69) is 15.9 Å². The molecule has 0 unspecified atom stereocenters. The lowest BCUT2D eigenvalue weighted by Gasteiger charge is -2.26. The molecule has 3 aromatic rings. The molecular weight excluding hydrogens is 553 g/mol. The first-order chi connectivity index (χ1) is 17.7. The molecule has 1 N–H and O–H groups in total. The maximum Gasteiger partial charge on any atom is 0.336 e. The van der Waals surface area contributed by atoms with Crippen molar-refractivity contribution in [3.8, 4) is 11.5 Å². The van der Waals surface area contributed by atoms with Crippen molar-refractivity contribution in [2.24, 2.45) is 0 Å². The minimum atomic E-state index is -1.06. The number of urea groups is 1. The van der Waals surface area contributed by atoms with E-state index in [0.717, 1.165) is 6.07 Å². The zero-order chi connectivity index (χ0) is 26.7. The molecule has 3 aromatic carbocycles. The molecule has 0 atom stereocenters. The highest BCUT2D eigenvalue weighted by Crippen LogP contribution is 2.38. The second-order valence-corrected chi connectivity index (χ2v) is 8.51. The first-order valence-corrected chi connectivity index (χ1v) is 11.4. The summed E-state index contributed by atoms with van der Waals surface area (Å²) in [7, 11) is 1.40. The number of non-ortho nitro benzene ring substituents is 1. The summed E-state index contributed by atoms with van der Waals surface area (Å²) in [6.07, 6.45) is 1.24. The second-order valence-electron chi connectivity index (χ2n) is 7.66. The van der Waals surface area contributed by atoms with Gasteiger partial charge in [0.05, 0.1) is 22.2 Å². The van der Waals surface area contributed by atoms with Gasteiger partial charge in [-0.3, -0.25) is 25.0 Å². The summed E-state index contributed by atoms with van der Waals surface area (Å²) in [6, 6.07) is 13.1. The quantitative estimate of drug-likeness (QED) is 0.188. The number of halogens is 2. The minimum absolute atomic E-state index is 0.0449. The molecule has 12 heteroatoms. The number of nitrogens with zero attached hydrogens (tertiary/aromatic N) is 2. The molecule has 4 amide bonds. The monoisotopic (exact) mass is 569 g/mol. The van der Waals surface area contributed by atoms with E-state index in [1.54, 1.807) is 18.2 Å². The van der Waals surface area contributed by atoms with E-state index in [0.29, 0.717) is 26.2 Å². The molecule has 1 heterocycles. The van der Waals surface area contributed by atoms with Gasteiger partial charge in [-0.05, 0) is 69.5 Å². The molecule has 188 valence electrons. The molecule has 0 saturated carbocycles. The number of anilines is 1. The number of ether oxygens (including phenoxy) is 2. The molecule has 37 heavy (non-hydrogen) atoms. The van der Waals surface area contributed by atoms with E-state index in [-0.39, 0.29) is 23.7 Å². The Morgan fingerprint density at radius 2 is 1.81 bits per heavy atom. The second kappa shape index (κ2) is 10.6. The maximum absolute atomic E-state index is 14.3. The third-order valence-corrected chi connectivity index (χ3v) is 5.88. The topological polar surface area (TPSA) is 128 Å². The predicted molar refractivity (Wildman–Crippen MR) is 134 cm³/mol. The van der Waals surface area contributed by atoms with Crippen LogP contribution in [0.15, 0.2) is 70.7 Å². The van der Waals surface area contributed by atoms with E-state index in [1.807, 2.05) is 5.32 Å². The van der Waals surface area contributed by atoms with Crippen LogP contribution in [-0.2, 0) is 16.2 Å². The van der Waals surface area contributed by atoms with Crippen LogP contribution in [0.1, 0.15) is 11.1 Å². The van der Waals surface area contributed by atoms with Crippen LogP contribution >= 0.6 is 15.9 Å². The molecule has 0 aromatic heterocycles. The van der Waals surface area contributed by atoms with Crippen molar-refractivity contribution in [1.82, 2.24) is 5.32 Å².